The molecule has 1 fully saturated rings. The molecule has 9 nitrogen and oxygen atoms in total. The number of hydrogen-bond donors (Lipinski definition) is 2. The SMILES string of the molecule is O=C(NCc1cccc(-n2ccnc2)c1)N1CCOCC1c1ncn[nH]1. The Balaban J connectivity index is 1.42. The lowest BCUT2D eigenvalue weighted by atomic mass is 10.2. The third-order valence-corrected chi connectivity index (χ3v) is 4.30. The monoisotopic (exact) mass is 353 g/mol. The van der Waals surface area contributed by atoms with E-state index in [9.17, 15) is 4.79 Å². The highest BCUT2D eigenvalue weighted by molar-refractivity contribution is 5.74. The van der Waals surface area contributed by atoms with Gasteiger partial charge in [-0.2, -0.15) is 5.10 Å². The van der Waals surface area contributed by atoms with Crippen LogP contribution >= 0.6 is 0 Å². The van der Waals surface area contributed by atoms with Crippen molar-refractivity contribution in [2.75, 3.05) is 19.8 Å². The summed E-state index contributed by atoms with van der Waals surface area (Å²) in [6, 6.07) is 7.55. The molecule has 9 heteroatoms. The van der Waals surface area contributed by atoms with Gasteiger partial charge in [-0.25, -0.2) is 14.8 Å². The van der Waals surface area contributed by atoms with E-state index < -0.39 is 0 Å². The van der Waals surface area contributed by atoms with Gasteiger partial charge in [-0.1, -0.05) is 12.1 Å². The number of imidazole rings is 1. The Morgan fingerprint density at radius 1 is 1.42 bits per heavy atom. The number of rotatable bonds is 4. The fraction of sp³-hybridized carbons (Fsp3) is 0.294. The zero-order chi connectivity index (χ0) is 17.8. The summed E-state index contributed by atoms with van der Waals surface area (Å²) in [7, 11) is 0. The predicted octanol–water partition coefficient (Wildman–Crippen LogP) is 1.27. The van der Waals surface area contributed by atoms with Gasteiger partial charge in [-0.05, 0) is 17.7 Å². The van der Waals surface area contributed by atoms with Crippen molar-refractivity contribution in [3.05, 3.63) is 60.7 Å². The van der Waals surface area contributed by atoms with Crippen LogP contribution in [-0.2, 0) is 11.3 Å². The molecule has 26 heavy (non-hydrogen) atoms. The first-order chi connectivity index (χ1) is 12.8. The van der Waals surface area contributed by atoms with E-state index >= 15 is 0 Å². The second-order valence-electron chi connectivity index (χ2n) is 5.95. The number of carbonyl (C=O) groups excluding carboxylic acids is 1. The molecule has 0 spiro atoms. The van der Waals surface area contributed by atoms with E-state index in [1.807, 2.05) is 35.0 Å². The number of aromatic amines is 1. The van der Waals surface area contributed by atoms with Crippen LogP contribution < -0.4 is 5.32 Å². The van der Waals surface area contributed by atoms with Crippen LogP contribution in [0.2, 0.25) is 0 Å². The lowest BCUT2D eigenvalue weighted by Gasteiger charge is -2.34. The molecule has 2 N–H and O–H groups in total. The lowest BCUT2D eigenvalue weighted by Crippen LogP contribution is -2.48. The molecule has 2 amide bonds. The molecule has 1 aliphatic heterocycles. The van der Waals surface area contributed by atoms with Crippen LogP contribution in [-0.4, -0.2) is 55.4 Å². The van der Waals surface area contributed by atoms with Crippen LogP contribution in [0.4, 0.5) is 4.79 Å². The van der Waals surface area contributed by atoms with Crippen molar-refractivity contribution in [2.24, 2.45) is 0 Å². The summed E-state index contributed by atoms with van der Waals surface area (Å²) >= 11 is 0. The fourth-order valence-corrected chi connectivity index (χ4v) is 2.97. The number of carbonyl (C=O) groups is 1. The average molecular weight is 353 g/mol. The van der Waals surface area contributed by atoms with E-state index in [2.05, 4.69) is 25.5 Å². The van der Waals surface area contributed by atoms with Crippen molar-refractivity contribution in [3.8, 4) is 5.69 Å². The molecular formula is C17H19N7O2. The van der Waals surface area contributed by atoms with Crippen LogP contribution in [0.5, 0.6) is 0 Å². The Labute approximate surface area is 150 Å². The van der Waals surface area contributed by atoms with Crippen molar-refractivity contribution >= 4 is 6.03 Å². The highest BCUT2D eigenvalue weighted by atomic mass is 16.5. The van der Waals surface area contributed by atoms with Crippen LogP contribution in [0.3, 0.4) is 0 Å². The summed E-state index contributed by atoms with van der Waals surface area (Å²) < 4.78 is 7.41. The molecule has 1 atom stereocenters. The van der Waals surface area contributed by atoms with Crippen LogP contribution in [0, 0.1) is 0 Å². The molecule has 0 saturated carbocycles. The zero-order valence-corrected chi connectivity index (χ0v) is 14.1. The maximum atomic E-state index is 12.7. The fourth-order valence-electron chi connectivity index (χ4n) is 2.97. The summed E-state index contributed by atoms with van der Waals surface area (Å²) in [5.41, 5.74) is 2.01. The van der Waals surface area contributed by atoms with Crippen LogP contribution in [0.15, 0.2) is 49.3 Å². The smallest absolute Gasteiger partial charge is 0.318 e. The first-order valence-corrected chi connectivity index (χ1v) is 8.36. The van der Waals surface area contributed by atoms with E-state index in [0.29, 0.717) is 32.1 Å². The lowest BCUT2D eigenvalue weighted by molar-refractivity contribution is 0.00865. The summed E-state index contributed by atoms with van der Waals surface area (Å²) in [4.78, 5) is 22.6. The Morgan fingerprint density at radius 3 is 3.19 bits per heavy atom. The molecule has 134 valence electrons. The molecule has 3 heterocycles. The highest BCUT2D eigenvalue weighted by Gasteiger charge is 2.30. The molecule has 1 unspecified atom stereocenters. The largest absolute Gasteiger partial charge is 0.377 e. The minimum absolute atomic E-state index is 0.150. The third-order valence-electron chi connectivity index (χ3n) is 4.30. The average Bonchev–Trinajstić information content (AvgIpc) is 3.40. The number of hydrogen-bond acceptors (Lipinski definition) is 5. The van der Waals surface area contributed by atoms with E-state index in [1.165, 1.54) is 6.33 Å². The summed E-state index contributed by atoms with van der Waals surface area (Å²) in [6.07, 6.45) is 6.79. The number of morpholine rings is 1. The molecule has 2 aromatic heterocycles. The van der Waals surface area contributed by atoms with Gasteiger partial charge in [0.2, 0.25) is 0 Å². The van der Waals surface area contributed by atoms with Gasteiger partial charge in [-0.3, -0.25) is 5.10 Å². The number of urea groups is 1. The molecule has 3 aromatic rings. The first-order valence-electron chi connectivity index (χ1n) is 8.36. The second-order valence-corrected chi connectivity index (χ2v) is 5.95. The minimum Gasteiger partial charge on any atom is -0.377 e. The Hall–Kier alpha value is -3.20. The number of ether oxygens (including phenoxy) is 1. The summed E-state index contributed by atoms with van der Waals surface area (Å²) in [5, 5.41) is 9.66. The van der Waals surface area contributed by atoms with Gasteiger partial charge in [0.1, 0.15) is 18.2 Å². The van der Waals surface area contributed by atoms with Gasteiger partial charge in [0.05, 0.1) is 19.5 Å². The Morgan fingerprint density at radius 2 is 2.38 bits per heavy atom. The first kappa shape index (κ1) is 16.3. The molecule has 1 aromatic carbocycles. The van der Waals surface area contributed by atoms with Gasteiger partial charge in [0.25, 0.3) is 0 Å². The van der Waals surface area contributed by atoms with Gasteiger partial charge in [-0.15, -0.1) is 0 Å². The van der Waals surface area contributed by atoms with E-state index in [-0.39, 0.29) is 12.1 Å². The Bertz CT molecular complexity index is 848. The number of nitrogens with zero attached hydrogens (tertiary/aromatic N) is 5. The molecule has 0 radical (unpaired) electrons. The number of H-pyrrole nitrogens is 1. The molecule has 4 rings (SSSR count). The summed E-state index contributed by atoms with van der Waals surface area (Å²) in [6.45, 7) is 1.85. The van der Waals surface area contributed by atoms with Crippen molar-refractivity contribution < 1.29 is 9.53 Å². The van der Waals surface area contributed by atoms with Crippen molar-refractivity contribution in [1.82, 2.24) is 34.9 Å². The molecule has 1 aliphatic rings. The summed E-state index contributed by atoms with van der Waals surface area (Å²) in [5.74, 6) is 0.627. The number of aromatic nitrogens is 5. The topological polar surface area (TPSA) is 101 Å². The van der Waals surface area contributed by atoms with Crippen molar-refractivity contribution in [3.63, 3.8) is 0 Å². The van der Waals surface area contributed by atoms with E-state index in [0.717, 1.165) is 11.3 Å². The number of amides is 2. The Kier molecular flexibility index (Phi) is 4.61. The third kappa shape index (κ3) is 3.42. The molecule has 0 bridgehead atoms. The maximum absolute atomic E-state index is 12.7. The normalized spacial score (nSPS) is 17.2. The molecule has 1 saturated heterocycles. The van der Waals surface area contributed by atoms with E-state index in [1.54, 1.807) is 17.4 Å². The second kappa shape index (κ2) is 7.36. The van der Waals surface area contributed by atoms with Crippen molar-refractivity contribution in [1.29, 1.82) is 0 Å². The van der Waals surface area contributed by atoms with Crippen LogP contribution in [0.1, 0.15) is 17.4 Å². The number of benzene rings is 1. The van der Waals surface area contributed by atoms with Gasteiger partial charge >= 0.3 is 6.03 Å². The van der Waals surface area contributed by atoms with Gasteiger partial charge < -0.3 is 19.5 Å². The van der Waals surface area contributed by atoms with Crippen LogP contribution in [0.25, 0.3) is 5.69 Å². The number of nitrogens with one attached hydrogen (secondary N) is 2. The quantitative estimate of drug-likeness (QED) is 0.736. The van der Waals surface area contributed by atoms with Crippen molar-refractivity contribution in [2.45, 2.75) is 12.6 Å². The maximum Gasteiger partial charge on any atom is 0.318 e. The highest BCUT2D eigenvalue weighted by Crippen LogP contribution is 2.20. The standard InChI is InChI=1S/C17H19N7O2/c25-17(24-6-7-26-10-15(24)16-20-11-21-22-16)19-9-13-2-1-3-14(8-13)23-5-4-18-12-23/h1-5,8,11-12,15H,6-7,9-10H2,(H,19,25)(H,20,21,22). The van der Waals surface area contributed by atoms with Gasteiger partial charge in [0, 0.05) is 31.2 Å². The van der Waals surface area contributed by atoms with E-state index in [4.69, 9.17) is 4.74 Å². The molecule has 0 aliphatic carbocycles. The minimum atomic E-state index is -0.261. The van der Waals surface area contributed by atoms with Gasteiger partial charge in [0.15, 0.2) is 0 Å². The zero-order valence-electron chi connectivity index (χ0n) is 14.1. The predicted molar refractivity (Wildman–Crippen MR) is 92.4 cm³/mol. The molecular weight excluding hydrogens is 334 g/mol.